The number of pyridine rings is 2. The summed E-state index contributed by atoms with van der Waals surface area (Å²) < 4.78 is 44.5. The summed E-state index contributed by atoms with van der Waals surface area (Å²) in [5.74, 6) is -0.947. The number of hydrogen-bond donors (Lipinski definition) is 1. The van der Waals surface area contributed by atoms with Gasteiger partial charge in [0.15, 0.2) is 0 Å². The van der Waals surface area contributed by atoms with Gasteiger partial charge in [0.05, 0.1) is 18.7 Å². The predicted octanol–water partition coefficient (Wildman–Crippen LogP) is 4.09. The zero-order chi connectivity index (χ0) is 18.4. The summed E-state index contributed by atoms with van der Waals surface area (Å²) in [7, 11) is 0. The van der Waals surface area contributed by atoms with Gasteiger partial charge in [0, 0.05) is 23.6 Å². The van der Waals surface area contributed by atoms with Gasteiger partial charge in [0.25, 0.3) is 0 Å². The molecule has 0 radical (unpaired) electrons. The quantitative estimate of drug-likeness (QED) is 0.610. The first-order valence-electron chi connectivity index (χ1n) is 7.37. The number of alkyl halides is 3. The number of nitrogens with zero attached hydrogens (tertiary/aromatic N) is 2. The highest BCUT2D eigenvalue weighted by molar-refractivity contribution is 6.29. The van der Waals surface area contributed by atoms with Crippen molar-refractivity contribution < 1.29 is 22.7 Å². The summed E-state index contributed by atoms with van der Waals surface area (Å²) in [6.45, 7) is 1.53. The molecule has 2 aromatic heterocycles. The average molecular weight is 374 g/mol. The summed E-state index contributed by atoms with van der Waals surface area (Å²) >= 11 is 5.81. The van der Waals surface area contributed by atoms with E-state index in [1.165, 1.54) is 25.4 Å². The van der Waals surface area contributed by atoms with Crippen molar-refractivity contribution in [2.75, 3.05) is 11.9 Å². The van der Waals surface area contributed by atoms with Crippen LogP contribution < -0.4 is 5.32 Å². The van der Waals surface area contributed by atoms with Gasteiger partial charge in [-0.1, -0.05) is 17.7 Å². The van der Waals surface area contributed by atoms with Crippen LogP contribution in [0.25, 0.3) is 11.3 Å². The molecule has 0 aromatic carbocycles. The lowest BCUT2D eigenvalue weighted by Crippen LogP contribution is -2.38. The van der Waals surface area contributed by atoms with Crippen LogP contribution in [0.5, 0.6) is 0 Å². The Bertz CT molecular complexity index is 726. The second-order valence-corrected chi connectivity index (χ2v) is 5.40. The number of esters is 1. The first-order valence-corrected chi connectivity index (χ1v) is 7.75. The van der Waals surface area contributed by atoms with E-state index in [0.717, 1.165) is 0 Å². The van der Waals surface area contributed by atoms with Crippen molar-refractivity contribution in [3.63, 3.8) is 0 Å². The third-order valence-corrected chi connectivity index (χ3v) is 3.42. The lowest BCUT2D eigenvalue weighted by Gasteiger charge is -2.23. The summed E-state index contributed by atoms with van der Waals surface area (Å²) in [6.07, 6.45) is -2.69. The summed E-state index contributed by atoms with van der Waals surface area (Å²) in [6, 6.07) is 4.13. The van der Waals surface area contributed by atoms with Crippen molar-refractivity contribution in [2.45, 2.75) is 25.6 Å². The molecule has 0 amide bonds. The Morgan fingerprint density at radius 3 is 2.72 bits per heavy atom. The summed E-state index contributed by atoms with van der Waals surface area (Å²) in [4.78, 5) is 19.5. The molecule has 0 aliphatic rings. The highest BCUT2D eigenvalue weighted by Crippen LogP contribution is 2.32. The number of rotatable bonds is 6. The number of ether oxygens (including phenoxy) is 1. The second kappa shape index (κ2) is 8.15. The van der Waals surface area contributed by atoms with Crippen LogP contribution in [0.2, 0.25) is 5.15 Å². The van der Waals surface area contributed by atoms with E-state index in [2.05, 4.69) is 20.0 Å². The standard InChI is InChI=1S/C16H15ClF3N3O2/c1-2-25-15(24)8-13(16(18,19)20)23-12-7-14(17)22-9-10(12)11-5-3-4-6-21-11/h3-7,9,13H,2,8H2,1H3,(H,22,23). The van der Waals surface area contributed by atoms with E-state index in [1.54, 1.807) is 18.2 Å². The molecule has 0 aliphatic carbocycles. The third kappa shape index (κ3) is 5.32. The van der Waals surface area contributed by atoms with Crippen molar-refractivity contribution >= 4 is 23.3 Å². The lowest BCUT2D eigenvalue weighted by molar-refractivity contribution is -0.161. The van der Waals surface area contributed by atoms with Gasteiger partial charge in [-0.25, -0.2) is 4.98 Å². The van der Waals surface area contributed by atoms with Crippen LogP contribution in [0.3, 0.4) is 0 Å². The molecule has 0 aliphatic heterocycles. The molecular formula is C16H15ClF3N3O2. The van der Waals surface area contributed by atoms with Crippen LogP contribution in [0.15, 0.2) is 36.7 Å². The van der Waals surface area contributed by atoms with Gasteiger partial charge >= 0.3 is 12.1 Å². The third-order valence-electron chi connectivity index (χ3n) is 3.21. The molecule has 5 nitrogen and oxygen atoms in total. The molecule has 0 saturated heterocycles. The van der Waals surface area contributed by atoms with Gasteiger partial charge in [-0.2, -0.15) is 13.2 Å². The van der Waals surface area contributed by atoms with Crippen molar-refractivity contribution in [3.05, 3.63) is 41.8 Å². The van der Waals surface area contributed by atoms with E-state index < -0.39 is 24.6 Å². The molecule has 1 N–H and O–H groups in total. The molecule has 0 fully saturated rings. The first-order chi connectivity index (χ1) is 11.8. The van der Waals surface area contributed by atoms with Crippen LogP contribution in [0.1, 0.15) is 13.3 Å². The monoisotopic (exact) mass is 373 g/mol. The minimum absolute atomic E-state index is 0.00365. The van der Waals surface area contributed by atoms with Gasteiger partial charge in [0.1, 0.15) is 11.2 Å². The molecule has 0 bridgehead atoms. The Morgan fingerprint density at radius 2 is 2.12 bits per heavy atom. The number of halogens is 4. The zero-order valence-corrected chi connectivity index (χ0v) is 13.9. The van der Waals surface area contributed by atoms with Crippen LogP contribution in [0, 0.1) is 0 Å². The number of carbonyl (C=O) groups is 1. The highest BCUT2D eigenvalue weighted by atomic mass is 35.5. The number of nitrogens with one attached hydrogen (secondary N) is 1. The minimum Gasteiger partial charge on any atom is -0.466 e. The van der Waals surface area contributed by atoms with E-state index in [1.807, 2.05) is 0 Å². The Morgan fingerprint density at radius 1 is 1.36 bits per heavy atom. The number of anilines is 1. The Labute approximate surface area is 147 Å². The largest absolute Gasteiger partial charge is 0.466 e. The molecule has 2 rings (SSSR count). The van der Waals surface area contributed by atoms with Gasteiger partial charge < -0.3 is 10.1 Å². The van der Waals surface area contributed by atoms with Crippen molar-refractivity contribution in [1.82, 2.24) is 9.97 Å². The van der Waals surface area contributed by atoms with Crippen LogP contribution in [-0.2, 0) is 9.53 Å². The molecule has 2 aromatic rings. The SMILES string of the molecule is CCOC(=O)CC(Nc1cc(Cl)ncc1-c1ccccn1)C(F)(F)F. The van der Waals surface area contributed by atoms with Gasteiger partial charge in [-0.15, -0.1) is 0 Å². The predicted molar refractivity (Wildman–Crippen MR) is 87.2 cm³/mol. The molecule has 25 heavy (non-hydrogen) atoms. The fourth-order valence-electron chi connectivity index (χ4n) is 2.10. The van der Waals surface area contributed by atoms with E-state index in [4.69, 9.17) is 11.6 Å². The molecule has 1 atom stereocenters. The van der Waals surface area contributed by atoms with E-state index in [-0.39, 0.29) is 17.4 Å². The normalized spacial score (nSPS) is 12.5. The maximum absolute atomic E-state index is 13.3. The molecule has 0 spiro atoms. The maximum atomic E-state index is 13.3. The molecular weight excluding hydrogens is 359 g/mol. The molecule has 9 heteroatoms. The molecule has 134 valence electrons. The second-order valence-electron chi connectivity index (χ2n) is 5.02. The average Bonchev–Trinajstić information content (AvgIpc) is 2.54. The van der Waals surface area contributed by atoms with Gasteiger partial charge in [-0.05, 0) is 25.1 Å². The zero-order valence-electron chi connectivity index (χ0n) is 13.2. The van der Waals surface area contributed by atoms with Crippen LogP contribution in [0.4, 0.5) is 18.9 Å². The van der Waals surface area contributed by atoms with Gasteiger partial charge in [-0.3, -0.25) is 9.78 Å². The fourth-order valence-corrected chi connectivity index (χ4v) is 2.26. The Hall–Kier alpha value is -2.35. The maximum Gasteiger partial charge on any atom is 0.409 e. The van der Waals surface area contributed by atoms with E-state index in [9.17, 15) is 18.0 Å². The molecule has 2 heterocycles. The summed E-state index contributed by atoms with van der Waals surface area (Å²) in [5.41, 5.74) is 0.833. The van der Waals surface area contributed by atoms with Crippen LogP contribution >= 0.6 is 11.6 Å². The lowest BCUT2D eigenvalue weighted by atomic mass is 10.1. The summed E-state index contributed by atoms with van der Waals surface area (Å²) in [5, 5.41) is 2.34. The molecule has 1 unspecified atom stereocenters. The number of hydrogen-bond acceptors (Lipinski definition) is 5. The van der Waals surface area contributed by atoms with Gasteiger partial charge in [0.2, 0.25) is 0 Å². The van der Waals surface area contributed by atoms with Crippen molar-refractivity contribution in [1.29, 1.82) is 0 Å². The number of aromatic nitrogens is 2. The number of carbonyl (C=O) groups excluding carboxylic acids is 1. The Balaban J connectivity index is 2.35. The van der Waals surface area contributed by atoms with Crippen molar-refractivity contribution in [3.8, 4) is 11.3 Å². The van der Waals surface area contributed by atoms with Crippen LogP contribution in [-0.4, -0.2) is 34.8 Å². The smallest absolute Gasteiger partial charge is 0.409 e. The van der Waals surface area contributed by atoms with E-state index in [0.29, 0.717) is 11.3 Å². The minimum atomic E-state index is -4.66. The molecule has 0 saturated carbocycles. The topological polar surface area (TPSA) is 64.1 Å². The van der Waals surface area contributed by atoms with E-state index >= 15 is 0 Å². The Kier molecular flexibility index (Phi) is 6.19. The fraction of sp³-hybridized carbons (Fsp3) is 0.312. The first kappa shape index (κ1) is 19.0. The highest BCUT2D eigenvalue weighted by Gasteiger charge is 2.41. The van der Waals surface area contributed by atoms with Crippen molar-refractivity contribution in [2.24, 2.45) is 0 Å².